The Morgan fingerprint density at radius 3 is 2.77 bits per heavy atom. The van der Waals surface area contributed by atoms with Gasteiger partial charge in [-0.25, -0.2) is 0 Å². The first-order valence-corrected chi connectivity index (χ1v) is 7.43. The number of hydrogen-bond acceptors (Lipinski definition) is 2. The Labute approximate surface area is 130 Å². The van der Waals surface area contributed by atoms with Gasteiger partial charge in [-0.2, -0.15) is 0 Å². The molecule has 0 fully saturated rings. The Morgan fingerprint density at radius 2 is 1.91 bits per heavy atom. The molecule has 1 atom stereocenters. The van der Waals surface area contributed by atoms with Crippen molar-refractivity contribution in [1.82, 2.24) is 5.32 Å². The van der Waals surface area contributed by atoms with Gasteiger partial charge in [0, 0.05) is 24.4 Å². The molecule has 0 saturated heterocycles. The maximum Gasteiger partial charge on any atom is 0.221 e. The molecule has 2 aromatic carbocycles. The topological polar surface area (TPSA) is 38.3 Å². The zero-order valence-electron chi connectivity index (χ0n) is 12.6. The number of rotatable bonds is 5. The van der Waals surface area contributed by atoms with Crippen molar-refractivity contribution in [2.75, 3.05) is 7.11 Å². The van der Waals surface area contributed by atoms with Crippen LogP contribution in [-0.4, -0.2) is 13.0 Å². The summed E-state index contributed by atoms with van der Waals surface area (Å²) in [7, 11) is 1.64. The minimum Gasteiger partial charge on any atom is -0.496 e. The van der Waals surface area contributed by atoms with Crippen LogP contribution < -0.4 is 10.1 Å². The van der Waals surface area contributed by atoms with Gasteiger partial charge in [-0.1, -0.05) is 54.6 Å². The van der Waals surface area contributed by atoms with Crippen LogP contribution in [0.3, 0.4) is 0 Å². The Morgan fingerprint density at radius 1 is 1.14 bits per heavy atom. The Bertz CT molecular complexity index is 706. The van der Waals surface area contributed by atoms with Crippen LogP contribution in [0.1, 0.15) is 29.0 Å². The van der Waals surface area contributed by atoms with Gasteiger partial charge in [-0.05, 0) is 17.2 Å². The number of amides is 1. The van der Waals surface area contributed by atoms with Gasteiger partial charge in [0.2, 0.25) is 5.91 Å². The van der Waals surface area contributed by atoms with E-state index in [2.05, 4.69) is 29.6 Å². The number of allylic oxidation sites excluding steroid dienone is 1. The highest BCUT2D eigenvalue weighted by molar-refractivity contribution is 5.79. The summed E-state index contributed by atoms with van der Waals surface area (Å²) < 4.78 is 5.30. The number of carbonyl (C=O) groups excluding carboxylic acids is 1. The van der Waals surface area contributed by atoms with Gasteiger partial charge in [-0.3, -0.25) is 4.79 Å². The first-order valence-electron chi connectivity index (χ1n) is 7.43. The van der Waals surface area contributed by atoms with Crippen LogP contribution in [-0.2, 0) is 11.3 Å². The van der Waals surface area contributed by atoms with E-state index in [1.807, 2.05) is 36.4 Å². The number of benzene rings is 2. The fraction of sp³-hybridized carbons (Fsp3) is 0.211. The van der Waals surface area contributed by atoms with Crippen molar-refractivity contribution in [2.24, 2.45) is 0 Å². The summed E-state index contributed by atoms with van der Waals surface area (Å²) in [6.07, 6.45) is 4.67. The maximum atomic E-state index is 12.2. The lowest BCUT2D eigenvalue weighted by Crippen LogP contribution is -2.24. The van der Waals surface area contributed by atoms with Crippen molar-refractivity contribution in [3.63, 3.8) is 0 Å². The van der Waals surface area contributed by atoms with Gasteiger partial charge in [-0.15, -0.1) is 0 Å². The number of methoxy groups -OCH3 is 1. The van der Waals surface area contributed by atoms with Gasteiger partial charge in [0.25, 0.3) is 0 Å². The second-order valence-corrected chi connectivity index (χ2v) is 5.39. The molecule has 3 nitrogen and oxygen atoms in total. The molecule has 1 amide bonds. The molecule has 2 aromatic rings. The summed E-state index contributed by atoms with van der Waals surface area (Å²) >= 11 is 0. The average Bonchev–Trinajstić information content (AvgIpc) is 2.96. The molecule has 0 aliphatic heterocycles. The summed E-state index contributed by atoms with van der Waals surface area (Å²) in [5.41, 5.74) is 3.43. The molecule has 0 heterocycles. The summed E-state index contributed by atoms with van der Waals surface area (Å²) in [5, 5.41) is 2.98. The fourth-order valence-corrected chi connectivity index (χ4v) is 2.82. The molecule has 1 aliphatic carbocycles. The third-order valence-electron chi connectivity index (χ3n) is 3.98. The highest BCUT2D eigenvalue weighted by Gasteiger charge is 2.19. The van der Waals surface area contributed by atoms with Crippen molar-refractivity contribution in [2.45, 2.75) is 18.9 Å². The Hall–Kier alpha value is -2.55. The van der Waals surface area contributed by atoms with Crippen molar-refractivity contribution < 1.29 is 9.53 Å². The number of fused-ring (bicyclic) bond motifs is 1. The number of ether oxygens (including phenoxy) is 1. The van der Waals surface area contributed by atoms with Crippen molar-refractivity contribution in [3.8, 4) is 5.75 Å². The van der Waals surface area contributed by atoms with Crippen molar-refractivity contribution >= 4 is 12.0 Å². The minimum atomic E-state index is 0.0530. The summed E-state index contributed by atoms with van der Waals surface area (Å²) in [6, 6.07) is 15.9. The van der Waals surface area contributed by atoms with Gasteiger partial charge in [0.1, 0.15) is 5.75 Å². The largest absolute Gasteiger partial charge is 0.496 e. The highest BCUT2D eigenvalue weighted by Crippen LogP contribution is 2.32. The van der Waals surface area contributed by atoms with E-state index < -0.39 is 0 Å². The zero-order chi connectivity index (χ0) is 15.4. The molecule has 1 N–H and O–H groups in total. The van der Waals surface area contributed by atoms with E-state index in [4.69, 9.17) is 4.74 Å². The highest BCUT2D eigenvalue weighted by atomic mass is 16.5. The standard InChI is InChI=1S/C19H19NO2/c1-22-18-9-5-3-7-16(18)13-20-19(21)12-15-11-10-14-6-2-4-8-17(14)15/h2-11,15H,12-13H2,1H3,(H,20,21). The van der Waals surface area contributed by atoms with E-state index in [0.717, 1.165) is 11.3 Å². The Balaban J connectivity index is 1.59. The van der Waals surface area contributed by atoms with Gasteiger partial charge >= 0.3 is 0 Å². The molecule has 1 unspecified atom stereocenters. The number of nitrogens with one attached hydrogen (secondary N) is 1. The molecule has 0 radical (unpaired) electrons. The molecular weight excluding hydrogens is 274 g/mol. The van der Waals surface area contributed by atoms with E-state index in [0.29, 0.717) is 13.0 Å². The molecule has 0 spiro atoms. The van der Waals surface area contributed by atoms with Gasteiger partial charge in [0.15, 0.2) is 0 Å². The summed E-state index contributed by atoms with van der Waals surface area (Å²) in [5.74, 6) is 1.03. The monoisotopic (exact) mass is 293 g/mol. The summed E-state index contributed by atoms with van der Waals surface area (Å²) in [6.45, 7) is 0.487. The van der Waals surface area contributed by atoms with Crippen LogP contribution in [0.25, 0.3) is 6.08 Å². The second kappa shape index (κ2) is 6.48. The predicted octanol–water partition coefficient (Wildman–Crippen LogP) is 3.51. The molecule has 3 heteroatoms. The molecule has 22 heavy (non-hydrogen) atoms. The third-order valence-corrected chi connectivity index (χ3v) is 3.98. The third kappa shape index (κ3) is 3.03. The SMILES string of the molecule is COc1ccccc1CNC(=O)CC1C=Cc2ccccc21. The molecule has 0 bridgehead atoms. The van der Waals surface area contributed by atoms with E-state index in [1.165, 1.54) is 11.1 Å². The lowest BCUT2D eigenvalue weighted by atomic mass is 9.97. The molecule has 0 saturated carbocycles. The van der Waals surface area contributed by atoms with Gasteiger partial charge < -0.3 is 10.1 Å². The van der Waals surface area contributed by atoms with Crippen LogP contribution >= 0.6 is 0 Å². The molecule has 3 rings (SSSR count). The number of carbonyl (C=O) groups is 1. The smallest absolute Gasteiger partial charge is 0.221 e. The van der Waals surface area contributed by atoms with Crippen molar-refractivity contribution in [1.29, 1.82) is 0 Å². The average molecular weight is 293 g/mol. The fourth-order valence-electron chi connectivity index (χ4n) is 2.82. The lowest BCUT2D eigenvalue weighted by molar-refractivity contribution is -0.121. The normalized spacial score (nSPS) is 15.4. The zero-order valence-corrected chi connectivity index (χ0v) is 12.6. The van der Waals surface area contributed by atoms with E-state index >= 15 is 0 Å². The second-order valence-electron chi connectivity index (χ2n) is 5.39. The minimum absolute atomic E-state index is 0.0530. The quantitative estimate of drug-likeness (QED) is 0.916. The van der Waals surface area contributed by atoms with Crippen LogP contribution in [0.15, 0.2) is 54.6 Å². The number of para-hydroxylation sites is 1. The van der Waals surface area contributed by atoms with Crippen molar-refractivity contribution in [3.05, 3.63) is 71.3 Å². The van der Waals surface area contributed by atoms with E-state index in [-0.39, 0.29) is 11.8 Å². The maximum absolute atomic E-state index is 12.2. The molecule has 1 aliphatic rings. The van der Waals surface area contributed by atoms with Crippen LogP contribution in [0.4, 0.5) is 0 Å². The first kappa shape index (κ1) is 14.4. The number of hydrogen-bond donors (Lipinski definition) is 1. The van der Waals surface area contributed by atoms with E-state index in [1.54, 1.807) is 7.11 Å². The predicted molar refractivity (Wildman–Crippen MR) is 87.7 cm³/mol. The molecular formula is C19H19NO2. The first-order chi connectivity index (χ1) is 10.8. The molecule has 0 aromatic heterocycles. The summed E-state index contributed by atoms with van der Waals surface area (Å²) in [4.78, 5) is 12.2. The van der Waals surface area contributed by atoms with Crippen LogP contribution in [0.5, 0.6) is 5.75 Å². The Kier molecular flexibility index (Phi) is 4.24. The van der Waals surface area contributed by atoms with Crippen LogP contribution in [0, 0.1) is 0 Å². The lowest BCUT2D eigenvalue weighted by Gasteiger charge is -2.12. The van der Waals surface area contributed by atoms with E-state index in [9.17, 15) is 4.79 Å². The van der Waals surface area contributed by atoms with Gasteiger partial charge in [0.05, 0.1) is 7.11 Å². The molecule has 112 valence electrons. The van der Waals surface area contributed by atoms with Crippen LogP contribution in [0.2, 0.25) is 0 Å².